The Morgan fingerprint density at radius 3 is 2.59 bits per heavy atom. The standard InChI is InChI=1S/C22H17Cl2N7O3/c1-29-15-8-11(6-7-16(15)34-10-17(29)32)27-21-26-9-12-19(25)31(22(33)30(2)20(12)28-21)18-13(23)4-3-5-14(18)24/h3-9,25H,10H2,1-2H3,(H,26,27,28). The molecule has 34 heavy (non-hydrogen) atoms. The molecular formula is C22H17Cl2N7O3. The maximum absolute atomic E-state index is 13.2. The van der Waals surface area contributed by atoms with Gasteiger partial charge in [-0.3, -0.25) is 14.8 Å². The fourth-order valence-corrected chi connectivity index (χ4v) is 4.27. The number of hydrogen-bond acceptors (Lipinski definition) is 7. The van der Waals surface area contributed by atoms with E-state index in [1.54, 1.807) is 50.5 Å². The molecule has 2 N–H and O–H groups in total. The molecule has 4 aromatic rings. The number of nitrogens with one attached hydrogen (secondary N) is 2. The summed E-state index contributed by atoms with van der Waals surface area (Å²) >= 11 is 12.6. The number of nitrogens with zero attached hydrogens (tertiary/aromatic N) is 5. The highest BCUT2D eigenvalue weighted by atomic mass is 35.5. The molecule has 172 valence electrons. The average molecular weight is 498 g/mol. The Morgan fingerprint density at radius 2 is 1.85 bits per heavy atom. The van der Waals surface area contributed by atoms with Crippen LogP contribution >= 0.6 is 23.2 Å². The second kappa shape index (κ2) is 8.15. The zero-order chi connectivity index (χ0) is 24.1. The molecule has 0 bridgehead atoms. The first-order valence-electron chi connectivity index (χ1n) is 10.0. The van der Waals surface area contributed by atoms with Crippen molar-refractivity contribution in [3.63, 3.8) is 0 Å². The van der Waals surface area contributed by atoms with E-state index >= 15 is 0 Å². The number of para-hydroxylation sites is 1. The van der Waals surface area contributed by atoms with Crippen molar-refractivity contribution in [1.29, 1.82) is 5.41 Å². The molecule has 0 spiro atoms. The van der Waals surface area contributed by atoms with Gasteiger partial charge in [-0.05, 0) is 30.3 Å². The van der Waals surface area contributed by atoms with Gasteiger partial charge in [0.15, 0.2) is 12.3 Å². The highest BCUT2D eigenvalue weighted by Gasteiger charge is 2.23. The second-order valence-corrected chi connectivity index (χ2v) is 8.39. The largest absolute Gasteiger partial charge is 0.482 e. The maximum atomic E-state index is 13.2. The summed E-state index contributed by atoms with van der Waals surface area (Å²) < 4.78 is 7.87. The molecule has 0 radical (unpaired) electrons. The summed E-state index contributed by atoms with van der Waals surface area (Å²) in [6.07, 6.45) is 1.45. The number of likely N-dealkylation sites (N-methyl/N-ethyl adjacent to an activating group) is 1. The normalized spacial score (nSPS) is 13.1. The zero-order valence-corrected chi connectivity index (χ0v) is 19.5. The van der Waals surface area contributed by atoms with E-state index in [2.05, 4.69) is 15.3 Å². The van der Waals surface area contributed by atoms with Gasteiger partial charge in [-0.15, -0.1) is 0 Å². The van der Waals surface area contributed by atoms with Crippen LogP contribution in [0.25, 0.3) is 16.7 Å². The Hall–Kier alpha value is -3.89. The van der Waals surface area contributed by atoms with Crippen molar-refractivity contribution in [2.45, 2.75) is 0 Å². The number of aryl methyl sites for hydroxylation is 1. The number of carbonyl (C=O) groups excluding carboxylic acids is 1. The van der Waals surface area contributed by atoms with Crippen LogP contribution in [0.4, 0.5) is 17.3 Å². The fraction of sp³-hybridized carbons (Fsp3) is 0.136. The lowest BCUT2D eigenvalue weighted by atomic mass is 10.2. The average Bonchev–Trinajstić information content (AvgIpc) is 2.82. The summed E-state index contributed by atoms with van der Waals surface area (Å²) in [5.41, 5.74) is 1.01. The highest BCUT2D eigenvalue weighted by Crippen LogP contribution is 2.34. The number of carbonyl (C=O) groups is 1. The minimum Gasteiger partial charge on any atom is -0.482 e. The predicted octanol–water partition coefficient (Wildman–Crippen LogP) is 3.00. The van der Waals surface area contributed by atoms with Crippen LogP contribution in [0.1, 0.15) is 0 Å². The third-order valence-corrected chi connectivity index (χ3v) is 6.12. The van der Waals surface area contributed by atoms with E-state index in [9.17, 15) is 9.59 Å². The van der Waals surface area contributed by atoms with Gasteiger partial charge in [0, 0.05) is 26.0 Å². The number of rotatable bonds is 3. The summed E-state index contributed by atoms with van der Waals surface area (Å²) in [5, 5.41) is 12.5. The first-order chi connectivity index (χ1) is 16.3. The Bertz CT molecular complexity index is 1590. The molecule has 1 aliphatic heterocycles. The highest BCUT2D eigenvalue weighted by molar-refractivity contribution is 6.37. The molecule has 0 aliphatic carbocycles. The molecule has 5 rings (SSSR count). The summed E-state index contributed by atoms with van der Waals surface area (Å²) in [7, 11) is 3.21. The molecule has 12 heteroatoms. The second-order valence-electron chi connectivity index (χ2n) is 7.58. The van der Waals surface area contributed by atoms with Gasteiger partial charge in [-0.2, -0.15) is 4.98 Å². The van der Waals surface area contributed by atoms with Crippen molar-refractivity contribution in [2.24, 2.45) is 7.05 Å². The Kier molecular flexibility index (Phi) is 5.26. The van der Waals surface area contributed by atoms with E-state index in [-0.39, 0.29) is 45.3 Å². The van der Waals surface area contributed by atoms with Crippen molar-refractivity contribution in [3.8, 4) is 11.4 Å². The third kappa shape index (κ3) is 3.47. The summed E-state index contributed by atoms with van der Waals surface area (Å²) in [6, 6.07) is 10.1. The van der Waals surface area contributed by atoms with Crippen LogP contribution in [0.15, 0.2) is 47.4 Å². The van der Waals surface area contributed by atoms with Gasteiger partial charge in [0.2, 0.25) is 5.95 Å². The van der Waals surface area contributed by atoms with E-state index in [1.165, 1.54) is 15.7 Å². The number of hydrogen-bond donors (Lipinski definition) is 2. The van der Waals surface area contributed by atoms with Crippen molar-refractivity contribution in [2.75, 3.05) is 23.9 Å². The number of anilines is 3. The fourth-order valence-electron chi connectivity index (χ4n) is 3.70. The van der Waals surface area contributed by atoms with Crippen LogP contribution in [0.2, 0.25) is 10.0 Å². The quantitative estimate of drug-likeness (QED) is 0.449. The lowest BCUT2D eigenvalue weighted by molar-refractivity contribution is -0.120. The van der Waals surface area contributed by atoms with Crippen molar-refractivity contribution >= 4 is 57.5 Å². The molecule has 0 unspecified atom stereocenters. The van der Waals surface area contributed by atoms with Crippen LogP contribution in [-0.4, -0.2) is 38.7 Å². The molecule has 0 saturated heterocycles. The first kappa shape index (κ1) is 21.9. The van der Waals surface area contributed by atoms with Crippen molar-refractivity contribution in [1.82, 2.24) is 19.1 Å². The topological polar surface area (TPSA) is 118 Å². The SMILES string of the molecule is CN1C(=O)COc2ccc(Nc3ncc4c(=N)n(-c5c(Cl)cccc5Cl)c(=O)n(C)c4n3)cc21. The summed E-state index contributed by atoms with van der Waals surface area (Å²) in [5.74, 6) is 0.647. The van der Waals surface area contributed by atoms with E-state index in [0.29, 0.717) is 22.5 Å². The van der Waals surface area contributed by atoms with Crippen LogP contribution in [0.3, 0.4) is 0 Å². The summed E-state index contributed by atoms with van der Waals surface area (Å²) in [4.78, 5) is 35.4. The lowest BCUT2D eigenvalue weighted by Crippen LogP contribution is -2.38. The molecule has 0 atom stereocenters. The number of halogens is 2. The minimum absolute atomic E-state index is 0.00699. The van der Waals surface area contributed by atoms with Gasteiger partial charge < -0.3 is 15.0 Å². The molecule has 2 aromatic carbocycles. The first-order valence-corrected chi connectivity index (χ1v) is 10.8. The van der Waals surface area contributed by atoms with E-state index in [4.69, 9.17) is 33.3 Å². The van der Waals surface area contributed by atoms with Gasteiger partial charge in [0.25, 0.3) is 5.91 Å². The van der Waals surface area contributed by atoms with E-state index in [1.807, 2.05) is 0 Å². The number of amides is 1. The van der Waals surface area contributed by atoms with Gasteiger partial charge in [0.1, 0.15) is 11.2 Å². The molecular weight excluding hydrogens is 481 g/mol. The molecule has 3 heterocycles. The van der Waals surface area contributed by atoms with Crippen LogP contribution in [0, 0.1) is 5.41 Å². The minimum atomic E-state index is -0.539. The summed E-state index contributed by atoms with van der Waals surface area (Å²) in [6.45, 7) is -0.00699. The molecule has 1 amide bonds. The molecule has 0 fully saturated rings. The number of aromatic nitrogens is 4. The van der Waals surface area contributed by atoms with Crippen molar-refractivity contribution in [3.05, 3.63) is 68.6 Å². The van der Waals surface area contributed by atoms with Gasteiger partial charge in [-0.1, -0.05) is 29.3 Å². The van der Waals surface area contributed by atoms with Gasteiger partial charge in [-0.25, -0.2) is 14.3 Å². The Labute approximate surface area is 202 Å². The molecule has 0 saturated carbocycles. The maximum Gasteiger partial charge on any atom is 0.335 e. The van der Waals surface area contributed by atoms with E-state index < -0.39 is 5.69 Å². The van der Waals surface area contributed by atoms with Crippen LogP contribution < -0.4 is 26.1 Å². The zero-order valence-electron chi connectivity index (χ0n) is 18.0. The third-order valence-electron chi connectivity index (χ3n) is 5.51. The predicted molar refractivity (Wildman–Crippen MR) is 129 cm³/mol. The monoisotopic (exact) mass is 497 g/mol. The molecule has 10 nitrogen and oxygen atoms in total. The van der Waals surface area contributed by atoms with E-state index in [0.717, 1.165) is 4.57 Å². The van der Waals surface area contributed by atoms with Crippen LogP contribution in [-0.2, 0) is 11.8 Å². The molecule has 1 aliphatic rings. The van der Waals surface area contributed by atoms with Crippen molar-refractivity contribution < 1.29 is 9.53 Å². The Morgan fingerprint density at radius 1 is 1.12 bits per heavy atom. The van der Waals surface area contributed by atoms with Crippen LogP contribution in [0.5, 0.6) is 5.75 Å². The lowest BCUT2D eigenvalue weighted by Gasteiger charge is -2.26. The molecule has 2 aromatic heterocycles. The van der Waals surface area contributed by atoms with Gasteiger partial charge >= 0.3 is 5.69 Å². The number of ether oxygens (including phenoxy) is 1. The Balaban J connectivity index is 1.59. The number of benzene rings is 2. The number of fused-ring (bicyclic) bond motifs is 2. The smallest absolute Gasteiger partial charge is 0.335 e. The van der Waals surface area contributed by atoms with Gasteiger partial charge in [0.05, 0.1) is 26.8 Å².